The number of nitrogens with zero attached hydrogens (tertiary/aromatic N) is 2. The first-order valence-corrected chi connectivity index (χ1v) is 8.03. The summed E-state index contributed by atoms with van der Waals surface area (Å²) in [5.41, 5.74) is -0.483. The molecule has 7 nitrogen and oxygen atoms in total. The van der Waals surface area contributed by atoms with Crippen LogP contribution >= 0.6 is 27.5 Å². The van der Waals surface area contributed by atoms with Crippen LogP contribution in [0, 0.1) is 10.1 Å². The second-order valence-electron chi connectivity index (χ2n) is 3.84. The summed E-state index contributed by atoms with van der Waals surface area (Å²) >= 11 is 8.82. The van der Waals surface area contributed by atoms with E-state index in [1.165, 1.54) is 18.3 Å². The number of hydrogen-bond donors (Lipinski definition) is 1. The van der Waals surface area contributed by atoms with Crippen molar-refractivity contribution in [3.05, 3.63) is 56.1 Å². The molecule has 0 aliphatic carbocycles. The van der Waals surface area contributed by atoms with Gasteiger partial charge in [0.05, 0.1) is 9.82 Å². The highest BCUT2D eigenvalue weighted by molar-refractivity contribution is 9.10. The maximum absolute atomic E-state index is 12.1. The number of benzene rings is 1. The Morgan fingerprint density at radius 2 is 2.00 bits per heavy atom. The van der Waals surface area contributed by atoms with Crippen LogP contribution < -0.4 is 4.72 Å². The average molecular weight is 393 g/mol. The minimum absolute atomic E-state index is 0.0933. The third-order valence-electron chi connectivity index (χ3n) is 2.39. The predicted octanol–water partition coefficient (Wildman–Crippen LogP) is 3.21. The van der Waals surface area contributed by atoms with Crippen molar-refractivity contribution in [1.82, 2.24) is 4.98 Å². The molecule has 10 heteroatoms. The molecule has 0 aliphatic heterocycles. The Labute approximate surface area is 133 Å². The number of nitro benzene ring substituents is 1. The van der Waals surface area contributed by atoms with Crippen molar-refractivity contribution in [3.8, 4) is 0 Å². The second kappa shape index (κ2) is 5.96. The summed E-state index contributed by atoms with van der Waals surface area (Å²) in [4.78, 5) is 13.6. The van der Waals surface area contributed by atoms with Gasteiger partial charge in [-0.15, -0.1) is 0 Å². The Kier molecular flexibility index (Phi) is 4.45. The summed E-state index contributed by atoms with van der Waals surface area (Å²) in [5, 5.41) is 10.6. The average Bonchev–Trinajstić information content (AvgIpc) is 2.41. The van der Waals surface area contributed by atoms with Crippen molar-refractivity contribution in [2.24, 2.45) is 0 Å². The largest absolute Gasteiger partial charge is 0.289 e. The van der Waals surface area contributed by atoms with Crippen molar-refractivity contribution < 1.29 is 13.3 Å². The number of aromatic nitrogens is 1. The first-order chi connectivity index (χ1) is 9.79. The number of nitro groups is 1. The van der Waals surface area contributed by atoms with Crippen LogP contribution in [-0.4, -0.2) is 18.3 Å². The smallest absolute Gasteiger partial charge is 0.263 e. The van der Waals surface area contributed by atoms with Crippen LogP contribution in [0.3, 0.4) is 0 Å². The van der Waals surface area contributed by atoms with E-state index >= 15 is 0 Å². The van der Waals surface area contributed by atoms with E-state index in [9.17, 15) is 18.5 Å². The fourth-order valence-corrected chi connectivity index (χ4v) is 2.88. The van der Waals surface area contributed by atoms with E-state index in [1.807, 2.05) is 0 Å². The van der Waals surface area contributed by atoms with E-state index in [1.54, 1.807) is 6.07 Å². The van der Waals surface area contributed by atoms with Crippen molar-refractivity contribution in [3.63, 3.8) is 0 Å². The molecule has 0 unspecified atom stereocenters. The fourth-order valence-electron chi connectivity index (χ4n) is 1.43. The topological polar surface area (TPSA) is 102 Å². The molecule has 0 bridgehead atoms. The van der Waals surface area contributed by atoms with Gasteiger partial charge in [0.2, 0.25) is 0 Å². The zero-order valence-electron chi connectivity index (χ0n) is 10.2. The fraction of sp³-hybridized carbons (Fsp3) is 0. The van der Waals surface area contributed by atoms with Crippen molar-refractivity contribution >= 4 is 49.1 Å². The highest BCUT2D eigenvalue weighted by Crippen LogP contribution is 2.27. The molecule has 0 atom stereocenters. The first-order valence-electron chi connectivity index (χ1n) is 5.38. The van der Waals surface area contributed by atoms with Gasteiger partial charge in [0, 0.05) is 16.7 Å². The molecule has 110 valence electrons. The van der Waals surface area contributed by atoms with E-state index in [-0.39, 0.29) is 15.7 Å². The predicted molar refractivity (Wildman–Crippen MR) is 80.9 cm³/mol. The van der Waals surface area contributed by atoms with Gasteiger partial charge >= 0.3 is 0 Å². The zero-order valence-corrected chi connectivity index (χ0v) is 13.3. The summed E-state index contributed by atoms with van der Waals surface area (Å²) in [5.74, 6) is 0.0933. The van der Waals surface area contributed by atoms with Gasteiger partial charge in [-0.2, -0.15) is 0 Å². The highest BCUT2D eigenvalue weighted by atomic mass is 79.9. The normalized spacial score (nSPS) is 11.1. The zero-order chi connectivity index (χ0) is 15.6. The van der Waals surface area contributed by atoms with E-state index in [0.29, 0.717) is 4.47 Å². The number of anilines is 1. The molecule has 0 amide bonds. The molecule has 21 heavy (non-hydrogen) atoms. The van der Waals surface area contributed by atoms with E-state index in [4.69, 9.17) is 11.6 Å². The Bertz CT molecular complexity index is 796. The monoisotopic (exact) mass is 391 g/mol. The highest BCUT2D eigenvalue weighted by Gasteiger charge is 2.21. The van der Waals surface area contributed by atoms with Gasteiger partial charge in [0.15, 0.2) is 0 Å². The van der Waals surface area contributed by atoms with Gasteiger partial charge in [-0.05, 0) is 40.2 Å². The summed E-state index contributed by atoms with van der Waals surface area (Å²) in [6.45, 7) is 0. The first kappa shape index (κ1) is 15.7. The molecule has 1 aromatic heterocycles. The van der Waals surface area contributed by atoms with Crippen LogP contribution in [0.15, 0.2) is 45.9 Å². The summed E-state index contributed by atoms with van der Waals surface area (Å²) in [6.07, 6.45) is 1.42. The molecule has 1 N–H and O–H groups in total. The molecular formula is C11H7BrClN3O4S. The molecule has 2 rings (SSSR count). The quantitative estimate of drug-likeness (QED) is 0.636. The van der Waals surface area contributed by atoms with E-state index < -0.39 is 20.6 Å². The van der Waals surface area contributed by atoms with Crippen LogP contribution in [0.1, 0.15) is 0 Å². The lowest BCUT2D eigenvalue weighted by Crippen LogP contribution is -2.14. The SMILES string of the molecule is O=[N+]([O-])c1cc(S(=O)(=O)Nc2ccc(Br)cn2)ccc1Cl. The van der Waals surface area contributed by atoms with Crippen LogP contribution in [-0.2, 0) is 10.0 Å². The van der Waals surface area contributed by atoms with E-state index in [2.05, 4.69) is 25.6 Å². The lowest BCUT2D eigenvalue weighted by Gasteiger charge is -2.07. The van der Waals surface area contributed by atoms with Gasteiger partial charge in [0.25, 0.3) is 15.7 Å². The van der Waals surface area contributed by atoms with Crippen LogP contribution in [0.2, 0.25) is 5.02 Å². The van der Waals surface area contributed by atoms with Gasteiger partial charge in [-0.3, -0.25) is 14.8 Å². The minimum Gasteiger partial charge on any atom is -0.263 e. The molecule has 2 aromatic rings. The standard InChI is InChI=1S/C11H7BrClN3O4S/c12-7-1-4-11(14-6-7)15-21(19,20)8-2-3-9(13)10(5-8)16(17)18/h1-6H,(H,14,15). The Morgan fingerprint density at radius 1 is 1.29 bits per heavy atom. The second-order valence-corrected chi connectivity index (χ2v) is 6.84. The molecule has 0 saturated carbocycles. The summed E-state index contributed by atoms with van der Waals surface area (Å²) < 4.78 is 27.2. The Balaban J connectivity index is 2.38. The lowest BCUT2D eigenvalue weighted by atomic mass is 10.3. The third kappa shape index (κ3) is 3.69. The van der Waals surface area contributed by atoms with Crippen molar-refractivity contribution in [1.29, 1.82) is 0 Å². The van der Waals surface area contributed by atoms with Gasteiger partial charge < -0.3 is 0 Å². The molecule has 0 spiro atoms. The molecular weight excluding hydrogens is 386 g/mol. The van der Waals surface area contributed by atoms with Crippen molar-refractivity contribution in [2.45, 2.75) is 4.90 Å². The third-order valence-corrected chi connectivity index (χ3v) is 4.53. The number of hydrogen-bond acceptors (Lipinski definition) is 5. The number of nitrogens with one attached hydrogen (secondary N) is 1. The molecule has 0 fully saturated rings. The number of halogens is 2. The summed E-state index contributed by atoms with van der Waals surface area (Å²) in [6, 6.07) is 6.28. The number of sulfonamides is 1. The molecule has 1 heterocycles. The van der Waals surface area contributed by atoms with Gasteiger partial charge in [-0.1, -0.05) is 11.6 Å². The maximum atomic E-state index is 12.1. The molecule has 0 aliphatic rings. The van der Waals surface area contributed by atoms with Gasteiger partial charge in [0.1, 0.15) is 10.8 Å². The van der Waals surface area contributed by atoms with E-state index in [0.717, 1.165) is 12.1 Å². The minimum atomic E-state index is -3.99. The van der Waals surface area contributed by atoms with Gasteiger partial charge in [-0.25, -0.2) is 13.4 Å². The number of pyridine rings is 1. The molecule has 0 radical (unpaired) electrons. The van der Waals surface area contributed by atoms with Crippen LogP contribution in [0.25, 0.3) is 0 Å². The maximum Gasteiger partial charge on any atom is 0.289 e. The van der Waals surface area contributed by atoms with Crippen molar-refractivity contribution in [2.75, 3.05) is 4.72 Å². The Morgan fingerprint density at radius 3 is 2.57 bits per heavy atom. The van der Waals surface area contributed by atoms with Crippen LogP contribution in [0.4, 0.5) is 11.5 Å². The summed E-state index contributed by atoms with van der Waals surface area (Å²) in [7, 11) is -3.99. The lowest BCUT2D eigenvalue weighted by molar-refractivity contribution is -0.384. The molecule has 0 saturated heterocycles. The van der Waals surface area contributed by atoms with Crippen LogP contribution in [0.5, 0.6) is 0 Å². The number of rotatable bonds is 4. The Hall–Kier alpha value is -1.71. The molecule has 1 aromatic carbocycles.